The molecule has 2 aliphatic carbocycles. The van der Waals surface area contributed by atoms with E-state index in [1.54, 1.807) is 7.11 Å². The van der Waals surface area contributed by atoms with Crippen molar-refractivity contribution in [3.8, 4) is 17.2 Å². The van der Waals surface area contributed by atoms with E-state index in [0.29, 0.717) is 26.1 Å². The Labute approximate surface area is 283 Å². The molecule has 2 heterocycles. The molecule has 246 valence electrons. The van der Waals surface area contributed by atoms with E-state index in [-0.39, 0.29) is 28.6 Å². The third-order valence-electron chi connectivity index (χ3n) is 10.8. The highest BCUT2D eigenvalue weighted by Gasteiger charge is 2.60. The summed E-state index contributed by atoms with van der Waals surface area (Å²) in [5.41, 5.74) is 3.45. The maximum atomic E-state index is 13.3. The van der Waals surface area contributed by atoms with Crippen LogP contribution in [0.15, 0.2) is 34.8 Å². The Morgan fingerprint density at radius 3 is 2.67 bits per heavy atom. The lowest BCUT2D eigenvalue weighted by molar-refractivity contribution is -0.124. The molecule has 0 amide bonds. The molecule has 2 fully saturated rings. The van der Waals surface area contributed by atoms with Crippen LogP contribution in [0.1, 0.15) is 81.4 Å². The summed E-state index contributed by atoms with van der Waals surface area (Å²) in [5, 5.41) is 3.98. The van der Waals surface area contributed by atoms with Crippen LogP contribution in [0.5, 0.6) is 17.2 Å². The molecule has 45 heavy (non-hydrogen) atoms. The minimum Gasteiger partial charge on any atom is -0.497 e. The molecule has 0 radical (unpaired) electrons. The smallest absolute Gasteiger partial charge is 0.186 e. The van der Waals surface area contributed by atoms with E-state index >= 15 is 0 Å². The highest BCUT2D eigenvalue weighted by molar-refractivity contribution is 9.10. The summed E-state index contributed by atoms with van der Waals surface area (Å²) < 4.78 is 26.3. The number of benzene rings is 2. The maximum Gasteiger partial charge on any atom is 0.186 e. The molecule has 9 heteroatoms. The summed E-state index contributed by atoms with van der Waals surface area (Å²) in [6, 6.07) is 11.8. The van der Waals surface area contributed by atoms with Crippen molar-refractivity contribution in [1.29, 1.82) is 0 Å². The van der Waals surface area contributed by atoms with Crippen molar-refractivity contribution in [1.82, 2.24) is 5.32 Å². The number of methoxy groups -OCH3 is 1. The van der Waals surface area contributed by atoms with Crippen LogP contribution in [-0.4, -0.2) is 51.8 Å². The van der Waals surface area contributed by atoms with Crippen LogP contribution < -0.4 is 19.5 Å². The van der Waals surface area contributed by atoms with Crippen molar-refractivity contribution in [3.05, 3.63) is 51.5 Å². The fraction of sp³-hybridized carbons (Fsp3) is 0.639. The first-order valence-electron chi connectivity index (χ1n) is 17.0. The van der Waals surface area contributed by atoms with Gasteiger partial charge in [0, 0.05) is 48.6 Å². The predicted octanol–water partition coefficient (Wildman–Crippen LogP) is 8.57. The van der Waals surface area contributed by atoms with Crippen LogP contribution in [0.3, 0.4) is 0 Å². The average molecular weight is 717 g/mol. The maximum absolute atomic E-state index is 13.3. The van der Waals surface area contributed by atoms with Gasteiger partial charge in [-0.2, -0.15) is 11.8 Å². The first-order valence-corrected chi connectivity index (χ1v) is 22.0. The van der Waals surface area contributed by atoms with Crippen LogP contribution in [0.25, 0.3) is 0 Å². The zero-order chi connectivity index (χ0) is 31.6. The second-order valence-electron chi connectivity index (χ2n) is 14.1. The molecule has 2 aromatic carbocycles. The normalized spacial score (nSPS) is 26.2. The van der Waals surface area contributed by atoms with Crippen LogP contribution in [0.4, 0.5) is 0 Å². The Hall–Kier alpha value is -1.52. The molecule has 1 spiro atoms. The van der Waals surface area contributed by atoms with E-state index in [9.17, 15) is 4.79 Å². The molecule has 6 rings (SSSR count). The fourth-order valence-electron chi connectivity index (χ4n) is 7.83. The van der Waals surface area contributed by atoms with Crippen molar-refractivity contribution in [2.45, 2.75) is 119 Å². The van der Waals surface area contributed by atoms with Gasteiger partial charge in [-0.3, -0.25) is 4.79 Å². The Balaban J connectivity index is 1.31. The summed E-state index contributed by atoms with van der Waals surface area (Å²) in [5.74, 6) is 4.58. The number of nitrogens with one attached hydrogen (secondary N) is 1. The van der Waals surface area contributed by atoms with Gasteiger partial charge in [0.05, 0.1) is 19.1 Å². The molecule has 0 aromatic heterocycles. The molecule has 0 saturated heterocycles. The van der Waals surface area contributed by atoms with Crippen molar-refractivity contribution >= 4 is 41.8 Å². The summed E-state index contributed by atoms with van der Waals surface area (Å²) in [4.78, 5) is 13.3. The van der Waals surface area contributed by atoms with Gasteiger partial charge in [-0.05, 0) is 89.6 Å². The van der Waals surface area contributed by atoms with Gasteiger partial charge in [0.25, 0.3) is 0 Å². The van der Waals surface area contributed by atoms with E-state index in [0.717, 1.165) is 58.8 Å². The zero-order valence-corrected chi connectivity index (χ0v) is 30.8. The number of ketones is 1. The number of hydrogen-bond donors (Lipinski definition) is 1. The summed E-state index contributed by atoms with van der Waals surface area (Å²) in [6.07, 6.45) is 9.50. The molecule has 4 atom stereocenters. The lowest BCUT2D eigenvalue weighted by Crippen LogP contribution is -2.55. The van der Waals surface area contributed by atoms with Crippen LogP contribution in [0, 0.1) is 5.92 Å². The van der Waals surface area contributed by atoms with Crippen molar-refractivity contribution < 1.29 is 23.4 Å². The molecule has 4 aliphatic rings. The van der Waals surface area contributed by atoms with Crippen LogP contribution in [-0.2, 0) is 26.9 Å². The summed E-state index contributed by atoms with van der Waals surface area (Å²) in [6.45, 7) is 8.96. The Bertz CT molecular complexity index is 1350. The standard InChI is InChI=1S/C36H50BrNO5SSi/c1-5-45(3,4)42-22-27-20-36-31(18-28(39)19-32(36)44-23-25-12-14-29(40-2)15-13-25)43-35-33(36)26(21-38-27)17-30(34(35)37)41-16-8-11-24-9-6-7-10-24/h12-15,17,24,27,31-32,38H,5-11,16,18-23H2,1-4H3/t27-,31+,32+,36+/m0/s1. The SMILES string of the molecule is CC[Si](C)(C)OC[C@@H]1C[C@@]23c4c(cc(OCCCC5CCCC5)c(Br)c4O[C@@H]2CC(=O)C[C@H]3SCc2ccc(OC)cc2)CN1. The van der Waals surface area contributed by atoms with E-state index in [1.807, 2.05) is 23.9 Å². The minimum absolute atomic E-state index is 0.0924. The number of carbonyl (C=O) groups excluding carboxylic acids is 1. The van der Waals surface area contributed by atoms with E-state index < -0.39 is 8.32 Å². The van der Waals surface area contributed by atoms with Crippen LogP contribution in [0.2, 0.25) is 19.1 Å². The van der Waals surface area contributed by atoms with Gasteiger partial charge in [0.1, 0.15) is 33.6 Å². The van der Waals surface area contributed by atoms with Gasteiger partial charge in [-0.25, -0.2) is 0 Å². The second-order valence-corrected chi connectivity index (χ2v) is 20.6. The lowest BCUT2D eigenvalue weighted by Gasteiger charge is -2.45. The predicted molar refractivity (Wildman–Crippen MR) is 188 cm³/mol. The first kappa shape index (κ1) is 33.4. The van der Waals surface area contributed by atoms with Crippen molar-refractivity contribution in [2.24, 2.45) is 5.92 Å². The number of rotatable bonds is 13. The molecule has 2 saturated carbocycles. The van der Waals surface area contributed by atoms with Gasteiger partial charge < -0.3 is 24.0 Å². The van der Waals surface area contributed by atoms with Gasteiger partial charge >= 0.3 is 0 Å². The number of halogens is 1. The van der Waals surface area contributed by atoms with Gasteiger partial charge in [0.15, 0.2) is 8.32 Å². The number of hydrogen-bond acceptors (Lipinski definition) is 7. The number of carbonyl (C=O) groups is 1. The van der Waals surface area contributed by atoms with Crippen molar-refractivity contribution in [2.75, 3.05) is 20.3 Å². The first-order chi connectivity index (χ1) is 21.7. The monoisotopic (exact) mass is 715 g/mol. The van der Waals surface area contributed by atoms with E-state index in [1.165, 1.54) is 48.8 Å². The van der Waals surface area contributed by atoms with E-state index in [2.05, 4.69) is 59.5 Å². The molecule has 2 aromatic rings. The van der Waals surface area contributed by atoms with Crippen molar-refractivity contribution in [3.63, 3.8) is 0 Å². The van der Waals surface area contributed by atoms with Crippen LogP contribution >= 0.6 is 27.7 Å². The third-order valence-corrected chi connectivity index (χ3v) is 15.7. The van der Waals surface area contributed by atoms with Gasteiger partial charge in [-0.1, -0.05) is 44.7 Å². The summed E-state index contributed by atoms with van der Waals surface area (Å²) in [7, 11) is -0.0370. The number of Topliss-reactive ketones (excluding diaryl/α,β-unsaturated/α-hetero) is 1. The Kier molecular flexibility index (Phi) is 10.6. The second kappa shape index (κ2) is 14.3. The molecular formula is C36H50BrNO5SSi. The Morgan fingerprint density at radius 2 is 1.93 bits per heavy atom. The molecule has 6 nitrogen and oxygen atoms in total. The highest BCUT2D eigenvalue weighted by atomic mass is 79.9. The quantitative estimate of drug-likeness (QED) is 0.165. The molecule has 1 N–H and O–H groups in total. The zero-order valence-electron chi connectivity index (χ0n) is 27.4. The van der Waals surface area contributed by atoms with Gasteiger partial charge in [0.2, 0.25) is 0 Å². The average Bonchev–Trinajstić information content (AvgIpc) is 3.64. The lowest BCUT2D eigenvalue weighted by atomic mass is 9.64. The number of thioether (sulfide) groups is 1. The molecular weight excluding hydrogens is 666 g/mol. The molecule has 0 bridgehead atoms. The minimum atomic E-state index is -1.73. The number of ether oxygens (including phenoxy) is 3. The topological polar surface area (TPSA) is 66.0 Å². The summed E-state index contributed by atoms with van der Waals surface area (Å²) >= 11 is 5.84. The fourth-order valence-corrected chi connectivity index (χ4v) is 10.8. The molecule has 0 unspecified atom stereocenters. The third kappa shape index (κ3) is 7.18. The van der Waals surface area contributed by atoms with E-state index in [4.69, 9.17) is 18.6 Å². The Morgan fingerprint density at radius 1 is 1.16 bits per heavy atom. The highest BCUT2D eigenvalue weighted by Crippen LogP contribution is 2.60. The largest absolute Gasteiger partial charge is 0.497 e. The molecule has 2 aliphatic heterocycles. The van der Waals surface area contributed by atoms with Gasteiger partial charge in [-0.15, -0.1) is 0 Å².